The fraction of sp³-hybridized carbons (Fsp3) is 0.0909. The molecule has 0 N–H and O–H groups in total. The Labute approximate surface area is 173 Å². The molecule has 0 bridgehead atoms. The third-order valence-electron chi connectivity index (χ3n) is 3.56. The molecule has 0 spiro atoms. The number of rotatable bonds is 2. The van der Waals surface area contributed by atoms with E-state index >= 15 is 0 Å². The standard InChI is InChI=1S/2C11H9.BF4.Fe/c2*1-2-6-10(7-3-1)11-8-4-5-9-11;2-1(3,4)5;/h2*1-4,6-8H,5H2;;/q3*-1;+3. The Kier molecular flexibility index (Phi) is 10.4. The Morgan fingerprint density at radius 1 is 0.607 bits per heavy atom. The van der Waals surface area contributed by atoms with Gasteiger partial charge in [0.2, 0.25) is 0 Å². The summed E-state index contributed by atoms with van der Waals surface area (Å²) in [6.45, 7) is 0. The van der Waals surface area contributed by atoms with Crippen molar-refractivity contribution in [3.05, 3.63) is 108 Å². The van der Waals surface area contributed by atoms with E-state index in [1.807, 2.05) is 12.1 Å². The largest absolute Gasteiger partial charge is 3.00 e. The Hall–Kier alpha value is -2.30. The first kappa shape index (κ1) is 23.7. The molecule has 145 valence electrons. The molecule has 6 heteroatoms. The predicted octanol–water partition coefficient (Wildman–Crippen LogP) is 6.96. The number of benzene rings is 2. The average Bonchev–Trinajstić information content (AvgIpc) is 3.37. The zero-order chi connectivity index (χ0) is 19.5. The maximum atomic E-state index is 9.75. The molecule has 0 unspecified atom stereocenters. The summed E-state index contributed by atoms with van der Waals surface area (Å²) in [6, 6.07) is 20.7. The summed E-state index contributed by atoms with van der Waals surface area (Å²) in [6.07, 6.45) is 17.0. The normalized spacial score (nSPS) is 14.0. The Bertz CT molecular complexity index is 751. The molecule has 0 aliphatic heterocycles. The van der Waals surface area contributed by atoms with Gasteiger partial charge in [0.15, 0.2) is 0 Å². The zero-order valence-corrected chi connectivity index (χ0v) is 16.0. The number of halogens is 4. The van der Waals surface area contributed by atoms with Gasteiger partial charge in [-0.15, -0.1) is 47.5 Å². The van der Waals surface area contributed by atoms with Crippen LogP contribution in [0.3, 0.4) is 0 Å². The minimum absolute atomic E-state index is 0. The molecule has 0 amide bonds. The van der Waals surface area contributed by atoms with E-state index in [4.69, 9.17) is 0 Å². The van der Waals surface area contributed by atoms with Crippen molar-refractivity contribution in [3.63, 3.8) is 0 Å². The van der Waals surface area contributed by atoms with Crippen molar-refractivity contribution in [2.75, 3.05) is 0 Å². The molecular weight excluding hydrogens is 407 g/mol. The van der Waals surface area contributed by atoms with Crippen LogP contribution in [0.2, 0.25) is 0 Å². The van der Waals surface area contributed by atoms with Crippen LogP contribution in [0.1, 0.15) is 24.0 Å². The molecule has 0 saturated carbocycles. The smallest absolute Gasteiger partial charge is 0.418 e. The van der Waals surface area contributed by atoms with Gasteiger partial charge in [0.25, 0.3) is 0 Å². The minimum atomic E-state index is -6.00. The molecular formula is C22H18BF4Fe. The van der Waals surface area contributed by atoms with Gasteiger partial charge in [-0.05, 0) is 0 Å². The topological polar surface area (TPSA) is 0 Å². The molecule has 0 heterocycles. The van der Waals surface area contributed by atoms with Gasteiger partial charge in [0.1, 0.15) is 0 Å². The summed E-state index contributed by atoms with van der Waals surface area (Å²) in [5.41, 5.74) is 4.98. The van der Waals surface area contributed by atoms with Crippen LogP contribution in [-0.2, 0) is 17.1 Å². The Morgan fingerprint density at radius 3 is 1.18 bits per heavy atom. The van der Waals surface area contributed by atoms with Crippen molar-refractivity contribution < 1.29 is 34.3 Å². The van der Waals surface area contributed by atoms with E-state index in [9.17, 15) is 17.3 Å². The van der Waals surface area contributed by atoms with Crippen LogP contribution in [0.5, 0.6) is 0 Å². The monoisotopic (exact) mass is 425 g/mol. The van der Waals surface area contributed by atoms with E-state index in [1.54, 1.807) is 0 Å². The first-order valence-electron chi connectivity index (χ1n) is 8.46. The van der Waals surface area contributed by atoms with Gasteiger partial charge >= 0.3 is 24.3 Å². The second kappa shape index (κ2) is 12.2. The molecule has 0 fully saturated rings. The van der Waals surface area contributed by atoms with E-state index in [2.05, 4.69) is 85.0 Å². The molecule has 2 aliphatic carbocycles. The molecule has 1 radical (unpaired) electrons. The van der Waals surface area contributed by atoms with Crippen LogP contribution in [-0.4, -0.2) is 7.25 Å². The van der Waals surface area contributed by atoms with Crippen LogP contribution >= 0.6 is 0 Å². The molecule has 28 heavy (non-hydrogen) atoms. The molecule has 0 aromatic heterocycles. The van der Waals surface area contributed by atoms with Crippen molar-refractivity contribution in [3.8, 4) is 0 Å². The van der Waals surface area contributed by atoms with Crippen LogP contribution in [0.15, 0.2) is 85.0 Å². The summed E-state index contributed by atoms with van der Waals surface area (Å²) >= 11 is 0. The molecule has 4 rings (SSSR count). The third kappa shape index (κ3) is 9.59. The van der Waals surface area contributed by atoms with Gasteiger partial charge in [-0.2, -0.15) is 35.5 Å². The van der Waals surface area contributed by atoms with E-state index < -0.39 is 7.25 Å². The van der Waals surface area contributed by atoms with E-state index in [0.29, 0.717) is 0 Å². The molecule has 0 nitrogen and oxygen atoms in total. The third-order valence-corrected chi connectivity index (χ3v) is 3.56. The van der Waals surface area contributed by atoms with E-state index in [-0.39, 0.29) is 17.1 Å². The van der Waals surface area contributed by atoms with Gasteiger partial charge in [0, 0.05) is 0 Å². The fourth-order valence-electron chi connectivity index (χ4n) is 2.44. The van der Waals surface area contributed by atoms with E-state index in [0.717, 1.165) is 12.8 Å². The fourth-order valence-corrected chi connectivity index (χ4v) is 2.44. The first-order chi connectivity index (χ1) is 12.9. The van der Waals surface area contributed by atoms with Gasteiger partial charge in [-0.25, -0.2) is 0 Å². The number of hydrogen-bond acceptors (Lipinski definition) is 0. The number of allylic oxidation sites excluding steroid dienone is 8. The van der Waals surface area contributed by atoms with Gasteiger partial charge in [-0.3, -0.25) is 0 Å². The summed E-state index contributed by atoms with van der Waals surface area (Å²) < 4.78 is 39.0. The van der Waals surface area contributed by atoms with Gasteiger partial charge in [-0.1, -0.05) is 49.2 Å². The quantitative estimate of drug-likeness (QED) is 0.277. The zero-order valence-electron chi connectivity index (χ0n) is 14.9. The van der Waals surface area contributed by atoms with Crippen LogP contribution in [0.4, 0.5) is 17.3 Å². The molecule has 2 aromatic rings. The SMILES string of the molecule is F[B-](F)(F)F.[C-]1=C(c2ccccc2)C=CC1.[C-]1=C(c2ccccc2)C=CC1.[Fe+3]. The first-order valence-corrected chi connectivity index (χ1v) is 8.46. The molecule has 0 atom stereocenters. The van der Waals surface area contributed by atoms with Crippen LogP contribution < -0.4 is 0 Å². The van der Waals surface area contributed by atoms with Crippen molar-refractivity contribution >= 4 is 18.4 Å². The second-order valence-corrected chi connectivity index (χ2v) is 5.62. The predicted molar refractivity (Wildman–Crippen MR) is 104 cm³/mol. The van der Waals surface area contributed by atoms with Gasteiger partial charge in [0.05, 0.1) is 0 Å². The molecule has 2 aromatic carbocycles. The summed E-state index contributed by atoms with van der Waals surface area (Å²) in [5.74, 6) is 0. The molecule has 0 saturated heterocycles. The van der Waals surface area contributed by atoms with Gasteiger partial charge < -0.3 is 17.3 Å². The minimum Gasteiger partial charge on any atom is -0.418 e. The van der Waals surface area contributed by atoms with Crippen molar-refractivity contribution in [2.45, 2.75) is 12.8 Å². The van der Waals surface area contributed by atoms with Crippen molar-refractivity contribution in [1.82, 2.24) is 0 Å². The Morgan fingerprint density at radius 2 is 0.929 bits per heavy atom. The maximum Gasteiger partial charge on any atom is 3.00 e. The number of hydrogen-bond donors (Lipinski definition) is 0. The van der Waals surface area contributed by atoms with Crippen molar-refractivity contribution in [1.29, 1.82) is 0 Å². The van der Waals surface area contributed by atoms with Crippen LogP contribution in [0.25, 0.3) is 11.1 Å². The average molecular weight is 425 g/mol. The summed E-state index contributed by atoms with van der Waals surface area (Å²) in [7, 11) is -6.00. The summed E-state index contributed by atoms with van der Waals surface area (Å²) in [5, 5.41) is 0. The Balaban J connectivity index is 0.000000222. The maximum absolute atomic E-state index is 9.75. The summed E-state index contributed by atoms with van der Waals surface area (Å²) in [4.78, 5) is 0. The second-order valence-electron chi connectivity index (χ2n) is 5.62. The van der Waals surface area contributed by atoms with Crippen LogP contribution in [0, 0.1) is 12.2 Å². The van der Waals surface area contributed by atoms with Crippen molar-refractivity contribution in [2.24, 2.45) is 0 Å². The molecule has 2 aliphatic rings. The van der Waals surface area contributed by atoms with E-state index in [1.165, 1.54) is 22.3 Å².